The third-order valence-corrected chi connectivity index (χ3v) is 5.56. The van der Waals surface area contributed by atoms with Crippen molar-refractivity contribution in [3.63, 3.8) is 0 Å². The number of likely N-dealkylation sites (N-methyl/N-ethyl adjacent to an activating group) is 1. The van der Waals surface area contributed by atoms with Gasteiger partial charge in [-0.05, 0) is 64.3 Å². The predicted octanol–water partition coefficient (Wildman–Crippen LogP) is 3.82. The van der Waals surface area contributed by atoms with Gasteiger partial charge >= 0.3 is 0 Å². The first kappa shape index (κ1) is 22.1. The third-order valence-electron chi connectivity index (χ3n) is 4.16. The summed E-state index contributed by atoms with van der Waals surface area (Å²) in [5, 5.41) is 7.58. The number of hydrogen-bond donors (Lipinski definition) is 2. The van der Waals surface area contributed by atoms with Crippen molar-refractivity contribution in [2.75, 3.05) is 25.5 Å². The molecule has 1 unspecified atom stereocenters. The van der Waals surface area contributed by atoms with Crippen LogP contribution in [-0.2, 0) is 9.59 Å². The normalized spacial score (nSPS) is 11.9. The number of hydrogen-bond acceptors (Lipinski definition) is 5. The third kappa shape index (κ3) is 6.45. The maximum atomic E-state index is 13.3. The van der Waals surface area contributed by atoms with Gasteiger partial charge in [-0.3, -0.25) is 14.5 Å². The zero-order chi connectivity index (χ0) is 21.5. The molecule has 1 atom stereocenters. The summed E-state index contributed by atoms with van der Waals surface area (Å²) >= 11 is 4.79. The molecule has 0 fully saturated rings. The average Bonchev–Trinajstić information content (AvgIpc) is 3.23. The smallest absolute Gasteiger partial charge is 0.239 e. The lowest BCUT2D eigenvalue weighted by Crippen LogP contribution is -2.40. The molecule has 30 heavy (non-hydrogen) atoms. The number of carbonyl (C=O) groups excluding carboxylic acids is 2. The van der Waals surface area contributed by atoms with Gasteiger partial charge in [0.25, 0.3) is 0 Å². The molecular formula is C21H20BrFN4O2S. The van der Waals surface area contributed by atoms with Crippen LogP contribution in [0, 0.1) is 5.82 Å². The van der Waals surface area contributed by atoms with Gasteiger partial charge in [-0.2, -0.15) is 0 Å². The molecule has 0 aliphatic rings. The van der Waals surface area contributed by atoms with Crippen molar-refractivity contribution < 1.29 is 14.0 Å². The van der Waals surface area contributed by atoms with Crippen LogP contribution in [0.15, 0.2) is 64.6 Å². The van der Waals surface area contributed by atoms with Crippen LogP contribution in [-0.4, -0.2) is 41.8 Å². The second-order valence-corrected chi connectivity index (χ2v) is 8.54. The van der Waals surface area contributed by atoms with Crippen LogP contribution < -0.4 is 10.6 Å². The van der Waals surface area contributed by atoms with Gasteiger partial charge in [-0.1, -0.05) is 18.2 Å². The molecule has 2 amide bonds. The maximum Gasteiger partial charge on any atom is 0.239 e. The van der Waals surface area contributed by atoms with Gasteiger partial charge in [0.1, 0.15) is 11.6 Å². The Morgan fingerprint density at radius 1 is 1.13 bits per heavy atom. The number of nitrogens with one attached hydrogen (secondary N) is 2. The minimum absolute atomic E-state index is 0.0320. The first-order valence-corrected chi connectivity index (χ1v) is 10.8. The van der Waals surface area contributed by atoms with Gasteiger partial charge in [0.15, 0.2) is 0 Å². The Balaban J connectivity index is 1.57. The number of benzene rings is 1. The van der Waals surface area contributed by atoms with E-state index in [0.717, 1.165) is 14.9 Å². The molecule has 2 aromatic heterocycles. The molecule has 2 heterocycles. The fraction of sp³-hybridized carbons (Fsp3) is 0.190. The summed E-state index contributed by atoms with van der Waals surface area (Å²) in [5.74, 6) is -0.403. The molecule has 0 saturated heterocycles. The maximum absolute atomic E-state index is 13.3. The van der Waals surface area contributed by atoms with E-state index in [9.17, 15) is 14.0 Å². The number of rotatable bonds is 8. The monoisotopic (exact) mass is 490 g/mol. The molecule has 9 heteroatoms. The predicted molar refractivity (Wildman–Crippen MR) is 119 cm³/mol. The van der Waals surface area contributed by atoms with E-state index in [2.05, 4.69) is 31.5 Å². The number of anilines is 1. The Hall–Kier alpha value is -2.62. The summed E-state index contributed by atoms with van der Waals surface area (Å²) < 4.78 is 14.1. The molecule has 1 aromatic carbocycles. The van der Waals surface area contributed by atoms with Gasteiger partial charge in [0.2, 0.25) is 11.8 Å². The number of aromatic nitrogens is 1. The molecule has 2 N–H and O–H groups in total. The molecular weight excluding hydrogens is 471 g/mol. The second-order valence-electron chi connectivity index (χ2n) is 6.65. The van der Waals surface area contributed by atoms with Crippen molar-refractivity contribution >= 4 is 44.9 Å². The molecule has 6 nitrogen and oxygen atoms in total. The van der Waals surface area contributed by atoms with E-state index < -0.39 is 0 Å². The number of pyridine rings is 1. The Morgan fingerprint density at radius 2 is 1.87 bits per heavy atom. The molecule has 0 radical (unpaired) electrons. The van der Waals surface area contributed by atoms with Crippen LogP contribution in [0.4, 0.5) is 10.2 Å². The van der Waals surface area contributed by atoms with Crippen molar-refractivity contribution in [3.8, 4) is 0 Å². The molecule has 0 aliphatic heterocycles. The fourth-order valence-corrected chi connectivity index (χ4v) is 3.85. The van der Waals surface area contributed by atoms with Crippen LogP contribution in [0.25, 0.3) is 0 Å². The molecule has 3 aromatic rings. The van der Waals surface area contributed by atoms with Crippen LogP contribution >= 0.6 is 27.3 Å². The highest BCUT2D eigenvalue weighted by atomic mass is 79.9. The summed E-state index contributed by atoms with van der Waals surface area (Å²) in [6.07, 6.45) is 1.59. The minimum atomic E-state index is -0.382. The zero-order valence-corrected chi connectivity index (χ0v) is 18.5. The highest BCUT2D eigenvalue weighted by Gasteiger charge is 2.19. The van der Waals surface area contributed by atoms with Crippen molar-refractivity contribution in [3.05, 3.63) is 80.8 Å². The SMILES string of the molecule is CN(CC(=O)Nc1ccc(Br)cn1)CC(=O)NC(c1ccc(F)cc1)c1cccs1. The molecule has 3 rings (SSSR count). The molecule has 0 saturated carbocycles. The summed E-state index contributed by atoms with van der Waals surface area (Å²) in [6.45, 7) is 0.0651. The second kappa shape index (κ2) is 10.4. The summed E-state index contributed by atoms with van der Waals surface area (Å²) in [4.78, 5) is 31.4. The largest absolute Gasteiger partial charge is 0.343 e. The van der Waals surface area contributed by atoms with Gasteiger partial charge in [0, 0.05) is 15.5 Å². The first-order valence-electron chi connectivity index (χ1n) is 9.09. The molecule has 0 spiro atoms. The lowest BCUT2D eigenvalue weighted by Gasteiger charge is -2.21. The van der Waals surface area contributed by atoms with Gasteiger partial charge in [-0.25, -0.2) is 9.37 Å². The van der Waals surface area contributed by atoms with E-state index in [4.69, 9.17) is 0 Å². The van der Waals surface area contributed by atoms with E-state index in [1.54, 1.807) is 42.4 Å². The number of amides is 2. The minimum Gasteiger partial charge on any atom is -0.343 e. The quantitative estimate of drug-likeness (QED) is 0.503. The van der Waals surface area contributed by atoms with Gasteiger partial charge in [0.05, 0.1) is 19.1 Å². The van der Waals surface area contributed by atoms with Crippen LogP contribution in [0.1, 0.15) is 16.5 Å². The highest BCUT2D eigenvalue weighted by Crippen LogP contribution is 2.26. The number of nitrogens with zero attached hydrogens (tertiary/aromatic N) is 2. The van der Waals surface area contributed by atoms with Gasteiger partial charge in [-0.15, -0.1) is 11.3 Å². The average molecular weight is 491 g/mol. The van der Waals surface area contributed by atoms with Crippen molar-refractivity contribution in [1.82, 2.24) is 15.2 Å². The first-order chi connectivity index (χ1) is 14.4. The van der Waals surface area contributed by atoms with Crippen LogP contribution in [0.2, 0.25) is 0 Å². The van der Waals surface area contributed by atoms with E-state index in [0.29, 0.717) is 5.82 Å². The summed E-state index contributed by atoms with van der Waals surface area (Å²) in [7, 11) is 1.69. The molecule has 0 aliphatic carbocycles. The summed E-state index contributed by atoms with van der Waals surface area (Å²) in [6, 6.07) is 12.9. The number of thiophene rings is 1. The fourth-order valence-electron chi connectivity index (χ4n) is 2.81. The van der Waals surface area contributed by atoms with E-state index >= 15 is 0 Å². The van der Waals surface area contributed by atoms with E-state index in [-0.39, 0.29) is 36.8 Å². The zero-order valence-electron chi connectivity index (χ0n) is 16.1. The lowest BCUT2D eigenvalue weighted by atomic mass is 10.1. The Morgan fingerprint density at radius 3 is 2.50 bits per heavy atom. The van der Waals surface area contributed by atoms with Crippen molar-refractivity contribution in [2.45, 2.75) is 6.04 Å². The van der Waals surface area contributed by atoms with E-state index in [1.807, 2.05) is 17.5 Å². The molecule has 0 bridgehead atoms. The standard InChI is InChI=1S/C21H20BrFN4O2S/c1-27(12-19(28)25-18-9-6-15(22)11-24-18)13-20(29)26-21(17-3-2-10-30-17)14-4-7-16(23)8-5-14/h2-11,21H,12-13H2,1H3,(H,26,29)(H,24,25,28). The van der Waals surface area contributed by atoms with Crippen LogP contribution in [0.3, 0.4) is 0 Å². The van der Waals surface area contributed by atoms with Crippen LogP contribution in [0.5, 0.6) is 0 Å². The summed E-state index contributed by atoms with van der Waals surface area (Å²) in [5.41, 5.74) is 0.786. The molecule has 156 valence electrons. The van der Waals surface area contributed by atoms with Gasteiger partial charge < -0.3 is 10.6 Å². The number of halogens is 2. The highest BCUT2D eigenvalue weighted by molar-refractivity contribution is 9.10. The topological polar surface area (TPSA) is 74.3 Å². The Bertz CT molecular complexity index is 981. The Labute approximate surface area is 186 Å². The number of carbonyl (C=O) groups is 2. The van der Waals surface area contributed by atoms with Crippen molar-refractivity contribution in [2.24, 2.45) is 0 Å². The van der Waals surface area contributed by atoms with Crippen molar-refractivity contribution in [1.29, 1.82) is 0 Å². The van der Waals surface area contributed by atoms with E-state index in [1.165, 1.54) is 23.5 Å². The lowest BCUT2D eigenvalue weighted by molar-refractivity contribution is -0.123. The Kier molecular flexibility index (Phi) is 7.67.